The molecule has 2 nitrogen and oxygen atoms in total. The van der Waals surface area contributed by atoms with Gasteiger partial charge in [-0.25, -0.2) is 0 Å². The highest BCUT2D eigenvalue weighted by molar-refractivity contribution is 7.80. The molecule has 1 aromatic rings. The van der Waals surface area contributed by atoms with Crippen LogP contribution in [0.4, 0.5) is 0 Å². The van der Waals surface area contributed by atoms with Crippen LogP contribution in [-0.4, -0.2) is 23.4 Å². The summed E-state index contributed by atoms with van der Waals surface area (Å²) in [5.41, 5.74) is 0. The van der Waals surface area contributed by atoms with Crippen LogP contribution in [0.25, 0.3) is 0 Å². The van der Waals surface area contributed by atoms with Crippen molar-refractivity contribution in [2.75, 3.05) is 6.54 Å². The van der Waals surface area contributed by atoms with Gasteiger partial charge in [0.15, 0.2) is 0 Å². The maximum atomic E-state index is 12.1. The SMILES string of the molecule is CCC(C)N(CC)C(=O)c1cc(S)cs1. The van der Waals surface area contributed by atoms with Crippen LogP contribution < -0.4 is 0 Å². The van der Waals surface area contributed by atoms with Crippen molar-refractivity contribution >= 4 is 29.9 Å². The van der Waals surface area contributed by atoms with Gasteiger partial charge in [0.05, 0.1) is 4.88 Å². The maximum absolute atomic E-state index is 12.1. The molecule has 84 valence electrons. The van der Waals surface area contributed by atoms with E-state index in [1.54, 1.807) is 0 Å². The highest BCUT2D eigenvalue weighted by Crippen LogP contribution is 2.20. The van der Waals surface area contributed by atoms with Crippen molar-refractivity contribution in [3.63, 3.8) is 0 Å². The van der Waals surface area contributed by atoms with Crippen LogP contribution >= 0.6 is 24.0 Å². The summed E-state index contributed by atoms with van der Waals surface area (Å²) >= 11 is 5.67. The van der Waals surface area contributed by atoms with Gasteiger partial charge in [-0.15, -0.1) is 24.0 Å². The van der Waals surface area contributed by atoms with Gasteiger partial charge in [0, 0.05) is 22.9 Å². The van der Waals surface area contributed by atoms with Crippen molar-refractivity contribution in [3.8, 4) is 0 Å². The lowest BCUT2D eigenvalue weighted by Gasteiger charge is -2.26. The van der Waals surface area contributed by atoms with E-state index in [9.17, 15) is 4.79 Å². The monoisotopic (exact) mass is 243 g/mol. The number of nitrogens with zero attached hydrogens (tertiary/aromatic N) is 1. The second kappa shape index (κ2) is 5.56. The Labute approximate surface area is 101 Å². The Hall–Kier alpha value is -0.480. The first-order valence-corrected chi connectivity index (χ1v) is 6.51. The molecule has 0 saturated carbocycles. The van der Waals surface area contributed by atoms with Gasteiger partial charge in [-0.05, 0) is 26.3 Å². The van der Waals surface area contributed by atoms with Crippen LogP contribution in [0, 0.1) is 0 Å². The van der Waals surface area contributed by atoms with Gasteiger partial charge in [-0.1, -0.05) is 6.92 Å². The Bertz CT molecular complexity index is 335. The van der Waals surface area contributed by atoms with Crippen LogP contribution in [0.5, 0.6) is 0 Å². The number of rotatable bonds is 4. The van der Waals surface area contributed by atoms with Crippen molar-refractivity contribution in [3.05, 3.63) is 16.3 Å². The number of thiol groups is 1. The third-order valence-corrected chi connectivity index (χ3v) is 3.87. The molecular weight excluding hydrogens is 226 g/mol. The zero-order valence-corrected chi connectivity index (χ0v) is 11.1. The molecule has 1 atom stereocenters. The van der Waals surface area contributed by atoms with Gasteiger partial charge in [-0.3, -0.25) is 4.79 Å². The average molecular weight is 243 g/mol. The number of hydrogen-bond donors (Lipinski definition) is 1. The summed E-state index contributed by atoms with van der Waals surface area (Å²) in [6.07, 6.45) is 0.985. The van der Waals surface area contributed by atoms with Crippen molar-refractivity contribution < 1.29 is 4.79 Å². The third-order valence-electron chi connectivity index (χ3n) is 2.52. The number of thiophene rings is 1. The lowest BCUT2D eigenvalue weighted by Crippen LogP contribution is -2.37. The van der Waals surface area contributed by atoms with Gasteiger partial charge in [-0.2, -0.15) is 0 Å². The average Bonchev–Trinajstić information content (AvgIpc) is 2.65. The Morgan fingerprint density at radius 2 is 2.27 bits per heavy atom. The van der Waals surface area contributed by atoms with Crippen LogP contribution in [0.2, 0.25) is 0 Å². The molecule has 0 aromatic carbocycles. The molecule has 1 unspecified atom stereocenters. The van der Waals surface area contributed by atoms with Gasteiger partial charge < -0.3 is 4.90 Å². The lowest BCUT2D eigenvalue weighted by molar-refractivity contribution is 0.0705. The van der Waals surface area contributed by atoms with E-state index in [0.29, 0.717) is 6.04 Å². The highest BCUT2D eigenvalue weighted by atomic mass is 32.1. The predicted molar refractivity (Wildman–Crippen MR) is 68.0 cm³/mol. The highest BCUT2D eigenvalue weighted by Gasteiger charge is 2.19. The van der Waals surface area contributed by atoms with E-state index < -0.39 is 0 Å². The molecule has 0 aliphatic rings. The van der Waals surface area contributed by atoms with Crippen molar-refractivity contribution in [2.45, 2.75) is 38.1 Å². The first-order valence-electron chi connectivity index (χ1n) is 5.18. The molecule has 4 heteroatoms. The molecule has 0 fully saturated rings. The Morgan fingerprint density at radius 3 is 2.67 bits per heavy atom. The van der Waals surface area contributed by atoms with E-state index in [-0.39, 0.29) is 5.91 Å². The molecule has 0 spiro atoms. The van der Waals surface area contributed by atoms with Gasteiger partial charge in [0.25, 0.3) is 5.91 Å². The van der Waals surface area contributed by atoms with E-state index in [4.69, 9.17) is 0 Å². The Balaban J connectivity index is 2.82. The third kappa shape index (κ3) is 2.98. The minimum Gasteiger partial charge on any atom is -0.336 e. The Morgan fingerprint density at radius 1 is 1.60 bits per heavy atom. The van der Waals surface area contributed by atoms with Crippen LogP contribution in [0.3, 0.4) is 0 Å². The molecule has 1 amide bonds. The van der Waals surface area contributed by atoms with E-state index in [2.05, 4.69) is 26.5 Å². The lowest BCUT2D eigenvalue weighted by atomic mass is 10.2. The molecule has 1 rings (SSSR count). The molecule has 15 heavy (non-hydrogen) atoms. The molecule has 1 heterocycles. The molecule has 0 radical (unpaired) electrons. The van der Waals surface area contributed by atoms with Gasteiger partial charge >= 0.3 is 0 Å². The molecular formula is C11H17NOS2. The van der Waals surface area contributed by atoms with E-state index >= 15 is 0 Å². The van der Waals surface area contributed by atoms with Gasteiger partial charge in [0.2, 0.25) is 0 Å². The molecule has 0 aliphatic carbocycles. The fraction of sp³-hybridized carbons (Fsp3) is 0.545. The predicted octanol–water partition coefficient (Wildman–Crippen LogP) is 3.30. The molecule has 0 aliphatic heterocycles. The second-order valence-corrected chi connectivity index (χ2v) is 4.95. The zero-order chi connectivity index (χ0) is 11.4. The topological polar surface area (TPSA) is 20.3 Å². The van der Waals surface area contributed by atoms with Gasteiger partial charge in [0.1, 0.15) is 0 Å². The summed E-state index contributed by atoms with van der Waals surface area (Å²) in [6.45, 7) is 6.95. The van der Waals surface area contributed by atoms with Crippen molar-refractivity contribution in [1.29, 1.82) is 0 Å². The normalized spacial score (nSPS) is 12.5. The smallest absolute Gasteiger partial charge is 0.264 e. The molecule has 1 aromatic heterocycles. The largest absolute Gasteiger partial charge is 0.336 e. The van der Waals surface area contributed by atoms with E-state index in [0.717, 1.165) is 22.7 Å². The van der Waals surface area contributed by atoms with Crippen molar-refractivity contribution in [2.24, 2.45) is 0 Å². The summed E-state index contributed by atoms with van der Waals surface area (Å²) in [5, 5.41) is 1.89. The summed E-state index contributed by atoms with van der Waals surface area (Å²) < 4.78 is 0. The quantitative estimate of drug-likeness (QED) is 0.805. The maximum Gasteiger partial charge on any atom is 0.264 e. The van der Waals surface area contributed by atoms with Crippen LogP contribution in [-0.2, 0) is 0 Å². The summed E-state index contributed by atoms with van der Waals surface area (Å²) in [5.74, 6) is 0.122. The number of amides is 1. The van der Waals surface area contributed by atoms with Crippen LogP contribution in [0.1, 0.15) is 36.9 Å². The molecule has 0 N–H and O–H groups in total. The number of hydrogen-bond acceptors (Lipinski definition) is 3. The second-order valence-electron chi connectivity index (χ2n) is 3.52. The standard InChI is InChI=1S/C11H17NOS2/c1-4-8(3)12(5-2)11(13)10-6-9(14)7-15-10/h6-8,14H,4-5H2,1-3H3. The summed E-state index contributed by atoms with van der Waals surface area (Å²) in [7, 11) is 0. The van der Waals surface area contributed by atoms with Crippen molar-refractivity contribution in [1.82, 2.24) is 4.90 Å². The fourth-order valence-corrected chi connectivity index (χ4v) is 2.56. The Kier molecular flexibility index (Phi) is 4.67. The van der Waals surface area contributed by atoms with E-state index in [1.165, 1.54) is 11.3 Å². The zero-order valence-electron chi connectivity index (χ0n) is 9.36. The molecule has 0 bridgehead atoms. The number of carbonyl (C=O) groups is 1. The number of carbonyl (C=O) groups excluding carboxylic acids is 1. The minimum absolute atomic E-state index is 0.122. The van der Waals surface area contributed by atoms with Crippen LogP contribution in [0.15, 0.2) is 16.3 Å². The fourth-order valence-electron chi connectivity index (χ4n) is 1.46. The van der Waals surface area contributed by atoms with E-state index in [1.807, 2.05) is 23.3 Å². The first-order chi connectivity index (χ1) is 7.10. The first kappa shape index (κ1) is 12.6. The summed E-state index contributed by atoms with van der Waals surface area (Å²) in [4.78, 5) is 15.6. The summed E-state index contributed by atoms with van der Waals surface area (Å²) in [6, 6.07) is 2.13. The molecule has 0 saturated heterocycles. The minimum atomic E-state index is 0.122.